The Morgan fingerprint density at radius 1 is 1.00 bits per heavy atom. The summed E-state index contributed by atoms with van der Waals surface area (Å²) in [6.45, 7) is 1.14. The minimum atomic E-state index is -0.521. The summed E-state index contributed by atoms with van der Waals surface area (Å²) in [5, 5.41) is 16.0. The minimum absolute atomic E-state index is 0.0941. The quantitative estimate of drug-likeness (QED) is 0.663. The van der Waals surface area contributed by atoms with Crippen molar-refractivity contribution in [1.82, 2.24) is 0 Å². The molecule has 124 valence electrons. The van der Waals surface area contributed by atoms with E-state index in [9.17, 15) is 14.9 Å². The number of urea groups is 1. The maximum Gasteiger partial charge on any atom is 0.323 e. The topological polar surface area (TPSA) is 103 Å². The van der Waals surface area contributed by atoms with Crippen LogP contribution < -0.4 is 20.1 Å². The fourth-order valence-corrected chi connectivity index (χ4v) is 2.23. The lowest BCUT2D eigenvalue weighted by molar-refractivity contribution is -0.384. The first-order valence-corrected chi connectivity index (χ1v) is 7.34. The average Bonchev–Trinajstić information content (AvgIpc) is 2.79. The maximum atomic E-state index is 12.0. The van der Waals surface area contributed by atoms with Crippen LogP contribution in [0, 0.1) is 10.1 Å². The third kappa shape index (κ3) is 3.72. The van der Waals surface area contributed by atoms with Crippen LogP contribution in [-0.2, 0) is 0 Å². The van der Waals surface area contributed by atoms with Crippen molar-refractivity contribution in [1.29, 1.82) is 0 Å². The zero-order chi connectivity index (χ0) is 16.9. The number of carbonyl (C=O) groups is 1. The highest BCUT2D eigenvalue weighted by molar-refractivity contribution is 6.00. The first-order valence-electron chi connectivity index (χ1n) is 7.34. The van der Waals surface area contributed by atoms with Gasteiger partial charge in [-0.2, -0.15) is 0 Å². The molecule has 0 atom stereocenters. The molecule has 1 heterocycles. The van der Waals surface area contributed by atoms with Gasteiger partial charge in [0.05, 0.1) is 18.1 Å². The summed E-state index contributed by atoms with van der Waals surface area (Å²) in [5.41, 5.74) is 0.765. The van der Waals surface area contributed by atoms with Gasteiger partial charge in [0.2, 0.25) is 0 Å². The van der Waals surface area contributed by atoms with Crippen LogP contribution in [0.3, 0.4) is 0 Å². The van der Waals surface area contributed by atoms with Gasteiger partial charge >= 0.3 is 6.03 Å². The second kappa shape index (κ2) is 6.86. The van der Waals surface area contributed by atoms with Crippen molar-refractivity contribution in [2.24, 2.45) is 0 Å². The molecule has 0 unspecified atom stereocenters. The summed E-state index contributed by atoms with van der Waals surface area (Å²) in [4.78, 5) is 22.3. The lowest BCUT2D eigenvalue weighted by Gasteiger charge is -2.11. The van der Waals surface area contributed by atoms with E-state index in [1.165, 1.54) is 18.2 Å². The predicted octanol–water partition coefficient (Wildman–Crippen LogP) is 3.40. The highest BCUT2D eigenvalue weighted by Gasteiger charge is 2.12. The van der Waals surface area contributed by atoms with Gasteiger partial charge in [-0.1, -0.05) is 6.07 Å². The summed E-state index contributed by atoms with van der Waals surface area (Å²) in [6, 6.07) is 10.3. The summed E-state index contributed by atoms with van der Waals surface area (Å²) in [7, 11) is 0. The maximum absolute atomic E-state index is 12.0. The van der Waals surface area contributed by atoms with Gasteiger partial charge in [0.15, 0.2) is 11.5 Å². The standard InChI is InChI=1S/C16H15N3O5/c20-16(17-11-3-1-4-13(9-11)19(21)22)18-12-5-6-14-15(10-12)24-8-2-7-23-14/h1,3-6,9-10H,2,7-8H2,(H2,17,18,20). The molecule has 2 aromatic carbocycles. The molecule has 0 saturated carbocycles. The SMILES string of the molecule is O=C(Nc1cccc([N+](=O)[O-])c1)Nc1ccc2c(c1)OCCCO2. The van der Waals surface area contributed by atoms with Crippen LogP contribution in [0.1, 0.15) is 6.42 Å². The molecule has 3 rings (SSSR count). The molecule has 0 fully saturated rings. The number of nitrogens with one attached hydrogen (secondary N) is 2. The van der Waals surface area contributed by atoms with Crippen molar-refractivity contribution >= 4 is 23.1 Å². The molecule has 2 aromatic rings. The number of carbonyl (C=O) groups excluding carboxylic acids is 1. The van der Waals surface area contributed by atoms with Crippen molar-refractivity contribution in [3.63, 3.8) is 0 Å². The number of ether oxygens (including phenoxy) is 2. The number of nitrogens with zero attached hydrogens (tertiary/aromatic N) is 1. The Kier molecular flexibility index (Phi) is 4.46. The Labute approximate surface area is 137 Å². The number of non-ortho nitro benzene ring substituents is 1. The monoisotopic (exact) mass is 329 g/mol. The highest BCUT2D eigenvalue weighted by atomic mass is 16.6. The van der Waals surface area contributed by atoms with E-state index in [0.717, 1.165) is 6.42 Å². The summed E-state index contributed by atoms with van der Waals surface area (Å²) in [6.07, 6.45) is 0.796. The zero-order valence-corrected chi connectivity index (χ0v) is 12.7. The highest BCUT2D eigenvalue weighted by Crippen LogP contribution is 2.32. The number of amides is 2. The van der Waals surface area contributed by atoms with Crippen LogP contribution in [0.25, 0.3) is 0 Å². The molecule has 0 bridgehead atoms. The van der Waals surface area contributed by atoms with Gasteiger partial charge in [0.25, 0.3) is 5.69 Å². The molecule has 0 aliphatic carbocycles. The van der Waals surface area contributed by atoms with E-state index in [2.05, 4.69) is 10.6 Å². The Bertz CT molecular complexity index is 778. The normalized spacial score (nSPS) is 12.8. The Hall–Kier alpha value is -3.29. The fourth-order valence-electron chi connectivity index (χ4n) is 2.23. The molecule has 2 N–H and O–H groups in total. The van der Waals surface area contributed by atoms with E-state index < -0.39 is 11.0 Å². The van der Waals surface area contributed by atoms with Crippen molar-refractivity contribution in [2.45, 2.75) is 6.42 Å². The second-order valence-corrected chi connectivity index (χ2v) is 5.10. The first kappa shape index (κ1) is 15.6. The Morgan fingerprint density at radius 2 is 1.71 bits per heavy atom. The van der Waals surface area contributed by atoms with Gasteiger partial charge in [-0.05, 0) is 18.2 Å². The van der Waals surface area contributed by atoms with Crippen molar-refractivity contribution < 1.29 is 19.2 Å². The number of rotatable bonds is 3. The molecule has 0 aromatic heterocycles. The van der Waals surface area contributed by atoms with Gasteiger partial charge in [-0.3, -0.25) is 10.1 Å². The number of anilines is 2. The van der Waals surface area contributed by atoms with Gasteiger partial charge < -0.3 is 20.1 Å². The zero-order valence-electron chi connectivity index (χ0n) is 12.7. The van der Waals surface area contributed by atoms with Gasteiger partial charge in [0.1, 0.15) is 0 Å². The second-order valence-electron chi connectivity index (χ2n) is 5.10. The lowest BCUT2D eigenvalue weighted by Crippen LogP contribution is -2.19. The average molecular weight is 329 g/mol. The third-order valence-electron chi connectivity index (χ3n) is 3.32. The van der Waals surface area contributed by atoms with Crippen molar-refractivity contribution in [3.05, 3.63) is 52.6 Å². The number of nitro groups is 1. The molecule has 8 nitrogen and oxygen atoms in total. The summed E-state index contributed by atoms with van der Waals surface area (Å²) in [5.74, 6) is 1.21. The molecule has 2 amide bonds. The Balaban J connectivity index is 1.68. The van der Waals surface area contributed by atoms with Crippen LogP contribution in [0.15, 0.2) is 42.5 Å². The molecule has 0 spiro atoms. The molecule has 0 radical (unpaired) electrons. The molecular weight excluding hydrogens is 314 g/mol. The molecule has 1 aliphatic heterocycles. The minimum Gasteiger partial charge on any atom is -0.490 e. The number of hydrogen-bond donors (Lipinski definition) is 2. The van der Waals surface area contributed by atoms with Crippen LogP contribution in [-0.4, -0.2) is 24.2 Å². The van der Waals surface area contributed by atoms with Crippen LogP contribution in [0.5, 0.6) is 11.5 Å². The van der Waals surface area contributed by atoms with Crippen molar-refractivity contribution in [2.75, 3.05) is 23.8 Å². The number of fused-ring (bicyclic) bond motifs is 1. The molecular formula is C16H15N3O5. The van der Waals surface area contributed by atoms with E-state index in [1.54, 1.807) is 24.3 Å². The molecule has 1 aliphatic rings. The third-order valence-corrected chi connectivity index (χ3v) is 3.32. The largest absolute Gasteiger partial charge is 0.490 e. The summed E-state index contributed by atoms with van der Waals surface area (Å²) < 4.78 is 11.1. The van der Waals surface area contributed by atoms with Crippen LogP contribution in [0.2, 0.25) is 0 Å². The van der Waals surface area contributed by atoms with Crippen molar-refractivity contribution in [3.8, 4) is 11.5 Å². The predicted molar refractivity (Wildman–Crippen MR) is 87.8 cm³/mol. The number of nitro benzene ring substituents is 1. The molecule has 8 heteroatoms. The van der Waals surface area contributed by atoms with E-state index in [1.807, 2.05) is 0 Å². The van der Waals surface area contributed by atoms with E-state index >= 15 is 0 Å². The number of hydrogen-bond acceptors (Lipinski definition) is 5. The molecule has 0 saturated heterocycles. The first-order chi connectivity index (χ1) is 11.6. The number of benzene rings is 2. The van der Waals surface area contributed by atoms with Gasteiger partial charge in [-0.25, -0.2) is 4.79 Å². The van der Waals surface area contributed by atoms with Crippen LogP contribution >= 0.6 is 0 Å². The van der Waals surface area contributed by atoms with Gasteiger partial charge in [-0.15, -0.1) is 0 Å². The molecule has 24 heavy (non-hydrogen) atoms. The van der Waals surface area contributed by atoms with E-state index in [-0.39, 0.29) is 5.69 Å². The Morgan fingerprint density at radius 3 is 2.46 bits per heavy atom. The van der Waals surface area contributed by atoms with E-state index in [4.69, 9.17) is 9.47 Å². The fraction of sp³-hybridized carbons (Fsp3) is 0.188. The van der Waals surface area contributed by atoms with E-state index in [0.29, 0.717) is 36.1 Å². The van der Waals surface area contributed by atoms with Gasteiger partial charge in [0, 0.05) is 36.0 Å². The van der Waals surface area contributed by atoms with Crippen LogP contribution in [0.4, 0.5) is 21.9 Å². The summed E-state index contributed by atoms with van der Waals surface area (Å²) >= 11 is 0. The smallest absolute Gasteiger partial charge is 0.323 e. The lowest BCUT2D eigenvalue weighted by atomic mass is 10.2.